The van der Waals surface area contributed by atoms with E-state index in [0.717, 1.165) is 12.2 Å². The number of rotatable bonds is 3. The molecule has 0 amide bonds. The summed E-state index contributed by atoms with van der Waals surface area (Å²) in [6.45, 7) is 1.16. The number of halogens is 1. The topological polar surface area (TPSA) is 24.1 Å². The van der Waals surface area contributed by atoms with Crippen LogP contribution >= 0.6 is 0 Å². The molecule has 0 aromatic heterocycles. The number of anilines is 1. The Morgan fingerprint density at radius 2 is 1.90 bits per heavy atom. The molecule has 3 unspecified atom stereocenters. The largest absolute Gasteiger partial charge is 0.382 e. The fourth-order valence-corrected chi connectivity index (χ4v) is 3.86. The van der Waals surface area contributed by atoms with Crippen molar-refractivity contribution >= 4 is 5.69 Å². The first-order chi connectivity index (χ1) is 9.83. The lowest BCUT2D eigenvalue weighted by molar-refractivity contribution is 0.217. The van der Waals surface area contributed by atoms with E-state index in [4.69, 9.17) is 0 Å². The second kappa shape index (κ2) is 6.57. The lowest BCUT2D eigenvalue weighted by atomic mass is 9.77. The third kappa shape index (κ3) is 3.32. The van der Waals surface area contributed by atoms with Crippen LogP contribution in [-0.4, -0.2) is 18.6 Å². The Balaban J connectivity index is 1.68. The van der Waals surface area contributed by atoms with E-state index in [2.05, 4.69) is 10.6 Å². The quantitative estimate of drug-likeness (QED) is 0.874. The third-order valence-electron chi connectivity index (χ3n) is 4.86. The van der Waals surface area contributed by atoms with Crippen molar-refractivity contribution < 1.29 is 4.39 Å². The van der Waals surface area contributed by atoms with Gasteiger partial charge in [0.15, 0.2) is 0 Å². The molecule has 2 aliphatic rings. The minimum Gasteiger partial charge on any atom is -0.382 e. The molecule has 2 nitrogen and oxygen atoms in total. The van der Waals surface area contributed by atoms with E-state index < -0.39 is 0 Å². The van der Waals surface area contributed by atoms with E-state index >= 15 is 0 Å². The van der Waals surface area contributed by atoms with E-state index in [1.54, 1.807) is 12.1 Å². The van der Waals surface area contributed by atoms with E-state index in [1.165, 1.54) is 51.0 Å². The van der Waals surface area contributed by atoms with Gasteiger partial charge in [-0.25, -0.2) is 4.39 Å². The first-order valence-corrected chi connectivity index (χ1v) is 8.08. The van der Waals surface area contributed by atoms with Crippen molar-refractivity contribution in [3.8, 4) is 0 Å². The molecule has 3 heteroatoms. The maximum Gasteiger partial charge on any atom is 0.125 e. The van der Waals surface area contributed by atoms with Gasteiger partial charge in [0, 0.05) is 17.8 Å². The van der Waals surface area contributed by atoms with E-state index in [-0.39, 0.29) is 5.82 Å². The molecule has 3 rings (SSSR count). The van der Waals surface area contributed by atoms with Crippen LogP contribution < -0.4 is 10.6 Å². The first-order valence-electron chi connectivity index (χ1n) is 8.08. The van der Waals surface area contributed by atoms with Crippen LogP contribution in [0.25, 0.3) is 0 Å². The van der Waals surface area contributed by atoms with E-state index in [0.29, 0.717) is 18.0 Å². The minimum absolute atomic E-state index is 0.154. The molecule has 1 aromatic rings. The van der Waals surface area contributed by atoms with Gasteiger partial charge in [-0.1, -0.05) is 25.3 Å². The lowest BCUT2D eigenvalue weighted by Crippen LogP contribution is -2.48. The van der Waals surface area contributed by atoms with Gasteiger partial charge >= 0.3 is 0 Å². The molecule has 0 spiro atoms. The summed E-state index contributed by atoms with van der Waals surface area (Å²) in [7, 11) is 0. The van der Waals surface area contributed by atoms with Gasteiger partial charge in [-0.2, -0.15) is 0 Å². The van der Waals surface area contributed by atoms with Crippen LogP contribution in [0, 0.1) is 11.7 Å². The zero-order valence-corrected chi connectivity index (χ0v) is 12.1. The smallest absolute Gasteiger partial charge is 0.125 e. The van der Waals surface area contributed by atoms with Gasteiger partial charge in [0.05, 0.1) is 0 Å². The highest BCUT2D eigenvalue weighted by Gasteiger charge is 2.32. The second-order valence-electron chi connectivity index (χ2n) is 6.27. The maximum atomic E-state index is 13.3. The normalized spacial score (nSPS) is 30.9. The van der Waals surface area contributed by atoms with E-state index in [9.17, 15) is 4.39 Å². The molecular weight excluding hydrogens is 251 g/mol. The number of nitrogens with one attached hydrogen (secondary N) is 2. The molecule has 1 aromatic carbocycles. The van der Waals surface area contributed by atoms with Gasteiger partial charge in [0.2, 0.25) is 0 Å². The Bertz CT molecular complexity index is 429. The van der Waals surface area contributed by atoms with Crippen LogP contribution in [0.1, 0.15) is 44.9 Å². The number of benzene rings is 1. The zero-order chi connectivity index (χ0) is 13.8. The Hall–Kier alpha value is -1.09. The van der Waals surface area contributed by atoms with Crippen LogP contribution in [-0.2, 0) is 0 Å². The average Bonchev–Trinajstić information content (AvgIpc) is 2.49. The summed E-state index contributed by atoms with van der Waals surface area (Å²) in [4.78, 5) is 0. The summed E-state index contributed by atoms with van der Waals surface area (Å²) in [6, 6.07) is 8.01. The molecule has 1 saturated carbocycles. The molecular formula is C17H25FN2. The van der Waals surface area contributed by atoms with Crippen LogP contribution in [0.2, 0.25) is 0 Å². The predicted molar refractivity (Wildman–Crippen MR) is 81.4 cm³/mol. The number of hydrogen-bond donors (Lipinski definition) is 2. The second-order valence-corrected chi connectivity index (χ2v) is 6.27. The van der Waals surface area contributed by atoms with Gasteiger partial charge in [-0.15, -0.1) is 0 Å². The molecule has 3 atom stereocenters. The summed E-state index contributed by atoms with van der Waals surface area (Å²) in [6.07, 6.45) is 9.09. The standard InChI is InChI=1S/C17H25FN2/c18-13-6-5-7-14(12-13)20-17-10-2-1-8-15(17)16-9-3-4-11-19-16/h5-7,12,15-17,19-20H,1-4,8-11H2. The molecule has 1 saturated heterocycles. The first kappa shape index (κ1) is 13.9. The Morgan fingerprint density at radius 3 is 2.70 bits per heavy atom. The van der Waals surface area contributed by atoms with Crippen molar-refractivity contribution in [2.45, 2.75) is 57.0 Å². The molecule has 1 aliphatic heterocycles. The Kier molecular flexibility index (Phi) is 4.56. The van der Waals surface area contributed by atoms with E-state index in [1.807, 2.05) is 6.07 Å². The summed E-state index contributed by atoms with van der Waals surface area (Å²) in [5.41, 5.74) is 0.928. The molecule has 2 fully saturated rings. The molecule has 0 bridgehead atoms. The summed E-state index contributed by atoms with van der Waals surface area (Å²) in [5, 5.41) is 7.29. The predicted octanol–water partition coefficient (Wildman–Crippen LogP) is 3.94. The fraction of sp³-hybridized carbons (Fsp3) is 0.647. The number of hydrogen-bond acceptors (Lipinski definition) is 2. The van der Waals surface area contributed by atoms with Crippen molar-refractivity contribution in [2.24, 2.45) is 5.92 Å². The molecule has 0 radical (unpaired) electrons. The fourth-order valence-electron chi connectivity index (χ4n) is 3.86. The summed E-state index contributed by atoms with van der Waals surface area (Å²) >= 11 is 0. The van der Waals surface area contributed by atoms with Gasteiger partial charge in [-0.05, 0) is 56.3 Å². The van der Waals surface area contributed by atoms with Gasteiger partial charge < -0.3 is 10.6 Å². The number of piperidine rings is 1. The van der Waals surface area contributed by atoms with Crippen LogP contribution in [0.15, 0.2) is 24.3 Å². The lowest BCUT2D eigenvalue weighted by Gasteiger charge is -2.40. The van der Waals surface area contributed by atoms with Gasteiger partial charge in [-0.3, -0.25) is 0 Å². The van der Waals surface area contributed by atoms with Gasteiger partial charge in [0.1, 0.15) is 5.82 Å². The van der Waals surface area contributed by atoms with Crippen LogP contribution in [0.4, 0.5) is 10.1 Å². The van der Waals surface area contributed by atoms with Crippen molar-refractivity contribution in [2.75, 3.05) is 11.9 Å². The van der Waals surface area contributed by atoms with Crippen LogP contribution in [0.3, 0.4) is 0 Å². The maximum absolute atomic E-state index is 13.3. The highest BCUT2D eigenvalue weighted by atomic mass is 19.1. The highest BCUT2D eigenvalue weighted by Crippen LogP contribution is 2.32. The molecule has 1 aliphatic carbocycles. The minimum atomic E-state index is -0.154. The summed E-state index contributed by atoms with van der Waals surface area (Å²) in [5.74, 6) is 0.533. The van der Waals surface area contributed by atoms with Gasteiger partial charge in [0.25, 0.3) is 0 Å². The van der Waals surface area contributed by atoms with Crippen molar-refractivity contribution in [1.82, 2.24) is 5.32 Å². The van der Waals surface area contributed by atoms with Crippen LogP contribution in [0.5, 0.6) is 0 Å². The Morgan fingerprint density at radius 1 is 1.05 bits per heavy atom. The molecule has 20 heavy (non-hydrogen) atoms. The zero-order valence-electron chi connectivity index (χ0n) is 12.1. The average molecular weight is 276 g/mol. The summed E-state index contributed by atoms with van der Waals surface area (Å²) < 4.78 is 13.3. The highest BCUT2D eigenvalue weighted by molar-refractivity contribution is 5.44. The monoisotopic (exact) mass is 276 g/mol. The molecule has 110 valence electrons. The third-order valence-corrected chi connectivity index (χ3v) is 4.86. The van der Waals surface area contributed by atoms with Crippen molar-refractivity contribution in [3.63, 3.8) is 0 Å². The van der Waals surface area contributed by atoms with Crippen molar-refractivity contribution in [3.05, 3.63) is 30.1 Å². The molecule has 1 heterocycles. The molecule has 2 N–H and O–H groups in total. The Labute approximate surface area is 121 Å². The van der Waals surface area contributed by atoms with Crippen molar-refractivity contribution in [1.29, 1.82) is 0 Å². The SMILES string of the molecule is Fc1cccc(NC2CCCCC2C2CCCCN2)c1.